The van der Waals surface area contributed by atoms with Crippen LogP contribution in [0, 0.1) is 0 Å². The molecule has 0 atom stereocenters. The summed E-state index contributed by atoms with van der Waals surface area (Å²) < 4.78 is 14.7. The van der Waals surface area contributed by atoms with Crippen molar-refractivity contribution < 1.29 is 18.7 Å². The number of carbonyl (C=O) groups is 1. The Kier molecular flexibility index (Phi) is 4.65. The van der Waals surface area contributed by atoms with Crippen molar-refractivity contribution in [1.82, 2.24) is 5.32 Å². The molecule has 0 bridgehead atoms. The van der Waals surface area contributed by atoms with Gasteiger partial charge < -0.3 is 19.2 Å². The maximum Gasteiger partial charge on any atom is 0.321 e. The highest BCUT2D eigenvalue weighted by molar-refractivity contribution is 5.87. The molecule has 1 aromatic heterocycles. The summed E-state index contributed by atoms with van der Waals surface area (Å²) in [5.41, 5.74) is 0. The number of ether oxygens (including phenoxy) is 2. The van der Waals surface area contributed by atoms with Crippen molar-refractivity contribution in [2.24, 2.45) is 0 Å². The quantitative estimate of drug-likeness (QED) is 0.718. The first-order valence-corrected chi connectivity index (χ1v) is 4.40. The van der Waals surface area contributed by atoms with Gasteiger partial charge in [-0.05, 0) is 6.07 Å². The maximum absolute atomic E-state index is 11.3. The minimum absolute atomic E-state index is 0.263. The van der Waals surface area contributed by atoms with E-state index in [1.165, 1.54) is 20.5 Å². The van der Waals surface area contributed by atoms with Crippen LogP contribution in [0.2, 0.25) is 0 Å². The van der Waals surface area contributed by atoms with Crippen LogP contribution in [0.3, 0.4) is 0 Å². The summed E-state index contributed by atoms with van der Waals surface area (Å²) in [6.07, 6.45) is 1.02. The van der Waals surface area contributed by atoms with E-state index in [0.29, 0.717) is 5.88 Å². The molecule has 15 heavy (non-hydrogen) atoms. The molecule has 0 aliphatic carbocycles. The lowest BCUT2D eigenvalue weighted by Gasteiger charge is -2.13. The minimum Gasteiger partial charge on any atom is -0.449 e. The number of hydrogen-bond donors (Lipinski definition) is 2. The molecule has 2 N–H and O–H groups in total. The molecule has 0 spiro atoms. The van der Waals surface area contributed by atoms with Gasteiger partial charge in [-0.1, -0.05) is 0 Å². The van der Waals surface area contributed by atoms with E-state index in [1.54, 1.807) is 12.1 Å². The predicted molar refractivity (Wildman–Crippen MR) is 53.5 cm³/mol. The van der Waals surface area contributed by atoms with Crippen LogP contribution in [0.15, 0.2) is 22.8 Å². The van der Waals surface area contributed by atoms with Crippen molar-refractivity contribution in [3.63, 3.8) is 0 Å². The van der Waals surface area contributed by atoms with Gasteiger partial charge in [-0.15, -0.1) is 0 Å². The van der Waals surface area contributed by atoms with Crippen molar-refractivity contribution in [2.75, 3.05) is 26.1 Å². The predicted octanol–water partition coefficient (Wildman–Crippen LogP) is 1.02. The van der Waals surface area contributed by atoms with Gasteiger partial charge in [0.05, 0.1) is 12.8 Å². The summed E-state index contributed by atoms with van der Waals surface area (Å²) >= 11 is 0. The van der Waals surface area contributed by atoms with E-state index >= 15 is 0 Å². The normalized spacial score (nSPS) is 10.3. The monoisotopic (exact) mass is 214 g/mol. The number of methoxy groups -OCH3 is 2. The number of amides is 2. The van der Waals surface area contributed by atoms with Crippen molar-refractivity contribution in [1.29, 1.82) is 0 Å². The van der Waals surface area contributed by atoms with E-state index in [1.807, 2.05) is 0 Å². The Morgan fingerprint density at radius 2 is 2.27 bits per heavy atom. The van der Waals surface area contributed by atoms with Crippen LogP contribution in [0.25, 0.3) is 0 Å². The van der Waals surface area contributed by atoms with Crippen LogP contribution < -0.4 is 10.6 Å². The van der Waals surface area contributed by atoms with E-state index in [-0.39, 0.29) is 12.6 Å². The second-order valence-corrected chi connectivity index (χ2v) is 2.71. The molecule has 0 radical (unpaired) electrons. The maximum atomic E-state index is 11.3. The van der Waals surface area contributed by atoms with Crippen molar-refractivity contribution in [2.45, 2.75) is 6.29 Å². The van der Waals surface area contributed by atoms with Gasteiger partial charge in [0.2, 0.25) is 5.88 Å². The van der Waals surface area contributed by atoms with Gasteiger partial charge >= 0.3 is 6.03 Å². The van der Waals surface area contributed by atoms with Gasteiger partial charge in [-0.25, -0.2) is 4.79 Å². The van der Waals surface area contributed by atoms with Gasteiger partial charge in [0, 0.05) is 20.3 Å². The number of anilines is 1. The first-order valence-electron chi connectivity index (χ1n) is 4.40. The van der Waals surface area contributed by atoms with Gasteiger partial charge in [0.25, 0.3) is 0 Å². The van der Waals surface area contributed by atoms with Crippen LogP contribution in [0.5, 0.6) is 0 Å². The third-order valence-electron chi connectivity index (χ3n) is 1.71. The fourth-order valence-electron chi connectivity index (χ4n) is 0.945. The highest BCUT2D eigenvalue weighted by Gasteiger charge is 2.08. The Morgan fingerprint density at radius 3 is 2.80 bits per heavy atom. The van der Waals surface area contributed by atoms with E-state index in [4.69, 9.17) is 13.9 Å². The average molecular weight is 214 g/mol. The van der Waals surface area contributed by atoms with E-state index in [9.17, 15) is 4.79 Å². The first-order chi connectivity index (χ1) is 7.26. The zero-order chi connectivity index (χ0) is 11.1. The van der Waals surface area contributed by atoms with Crippen molar-refractivity contribution in [3.05, 3.63) is 18.4 Å². The molecule has 0 unspecified atom stereocenters. The number of hydrogen-bond acceptors (Lipinski definition) is 4. The zero-order valence-corrected chi connectivity index (χ0v) is 8.65. The lowest BCUT2D eigenvalue weighted by Crippen LogP contribution is -2.36. The first kappa shape index (κ1) is 11.5. The molecule has 0 aliphatic rings. The topological polar surface area (TPSA) is 72.7 Å². The summed E-state index contributed by atoms with van der Waals surface area (Å²) in [4.78, 5) is 11.3. The van der Waals surface area contributed by atoms with Crippen LogP contribution in [0.4, 0.5) is 10.7 Å². The third kappa shape index (κ3) is 4.01. The van der Waals surface area contributed by atoms with Crippen LogP contribution >= 0.6 is 0 Å². The van der Waals surface area contributed by atoms with Gasteiger partial charge in [0.15, 0.2) is 6.29 Å². The molecular weight excluding hydrogens is 200 g/mol. The fourth-order valence-corrected chi connectivity index (χ4v) is 0.945. The standard InChI is InChI=1S/C9H14N2O4/c1-13-8(14-2)6-10-9(12)11-7-4-3-5-15-7/h3-5,8H,6H2,1-2H3,(H2,10,11,12). The van der Waals surface area contributed by atoms with E-state index in [2.05, 4.69) is 10.6 Å². The lowest BCUT2D eigenvalue weighted by atomic mass is 10.6. The Hall–Kier alpha value is -1.53. The smallest absolute Gasteiger partial charge is 0.321 e. The molecule has 84 valence electrons. The molecule has 0 aliphatic heterocycles. The Labute approximate surface area is 87.5 Å². The molecule has 0 aromatic carbocycles. The SMILES string of the molecule is COC(CNC(=O)Nc1ccco1)OC. The summed E-state index contributed by atoms with van der Waals surface area (Å²) in [6, 6.07) is 2.95. The largest absolute Gasteiger partial charge is 0.449 e. The van der Waals surface area contributed by atoms with Crippen LogP contribution in [0.1, 0.15) is 0 Å². The van der Waals surface area contributed by atoms with E-state index < -0.39 is 6.29 Å². The van der Waals surface area contributed by atoms with Gasteiger partial charge in [-0.3, -0.25) is 5.32 Å². The molecule has 1 rings (SSSR count). The summed E-state index contributed by atoms with van der Waals surface area (Å²) in [7, 11) is 3.00. The number of rotatable bonds is 5. The van der Waals surface area contributed by atoms with Gasteiger partial charge in [-0.2, -0.15) is 0 Å². The molecule has 6 heteroatoms. The van der Waals surface area contributed by atoms with Crippen molar-refractivity contribution in [3.8, 4) is 0 Å². The molecular formula is C9H14N2O4. The Morgan fingerprint density at radius 1 is 1.53 bits per heavy atom. The molecule has 0 saturated carbocycles. The van der Waals surface area contributed by atoms with E-state index in [0.717, 1.165) is 0 Å². The van der Waals surface area contributed by atoms with Crippen LogP contribution in [-0.2, 0) is 9.47 Å². The molecule has 1 aromatic rings. The highest BCUT2D eigenvalue weighted by atomic mass is 16.7. The fraction of sp³-hybridized carbons (Fsp3) is 0.444. The molecule has 0 saturated heterocycles. The molecule has 2 amide bonds. The Balaban J connectivity index is 2.24. The number of nitrogens with one attached hydrogen (secondary N) is 2. The number of urea groups is 1. The zero-order valence-electron chi connectivity index (χ0n) is 8.65. The second-order valence-electron chi connectivity index (χ2n) is 2.71. The Bertz CT molecular complexity index is 282. The van der Waals surface area contributed by atoms with Crippen LogP contribution in [-0.4, -0.2) is 33.1 Å². The average Bonchev–Trinajstić information content (AvgIpc) is 2.72. The molecule has 0 fully saturated rings. The summed E-state index contributed by atoms with van der Waals surface area (Å²) in [5, 5.41) is 5.06. The molecule has 1 heterocycles. The third-order valence-corrected chi connectivity index (χ3v) is 1.71. The second kappa shape index (κ2) is 6.05. The minimum atomic E-state index is -0.452. The summed E-state index contributed by atoms with van der Waals surface area (Å²) in [5.74, 6) is 0.388. The lowest BCUT2D eigenvalue weighted by molar-refractivity contribution is -0.0970. The summed E-state index contributed by atoms with van der Waals surface area (Å²) in [6.45, 7) is 0.263. The van der Waals surface area contributed by atoms with Crippen molar-refractivity contribution >= 4 is 11.9 Å². The molecule has 6 nitrogen and oxygen atoms in total. The number of furan rings is 1. The number of carbonyl (C=O) groups excluding carboxylic acids is 1. The van der Waals surface area contributed by atoms with Gasteiger partial charge in [0.1, 0.15) is 0 Å². The highest BCUT2D eigenvalue weighted by Crippen LogP contribution is 2.05.